The summed E-state index contributed by atoms with van der Waals surface area (Å²) in [6.07, 6.45) is 1.45. The number of benzene rings is 1. The Labute approximate surface area is 158 Å². The van der Waals surface area contributed by atoms with Crippen LogP contribution in [0.4, 0.5) is 4.79 Å². The van der Waals surface area contributed by atoms with Crippen LogP contribution in [0.3, 0.4) is 0 Å². The number of hydrogen-bond donors (Lipinski definition) is 3. The van der Waals surface area contributed by atoms with Gasteiger partial charge in [-0.2, -0.15) is 0 Å². The number of nitrogens with one attached hydrogen (secondary N) is 3. The third-order valence-corrected chi connectivity index (χ3v) is 3.60. The zero-order valence-corrected chi connectivity index (χ0v) is 15.7. The molecule has 0 saturated heterocycles. The van der Waals surface area contributed by atoms with Crippen LogP contribution in [0.5, 0.6) is 0 Å². The molecule has 8 nitrogen and oxygen atoms in total. The number of carbonyl (C=O) groups excluding carboxylic acids is 4. The van der Waals surface area contributed by atoms with Crippen molar-refractivity contribution in [2.75, 3.05) is 13.2 Å². The summed E-state index contributed by atoms with van der Waals surface area (Å²) in [6, 6.07) is 5.34. The molecule has 0 fully saturated rings. The minimum atomic E-state index is -0.931. The van der Waals surface area contributed by atoms with E-state index in [1.54, 1.807) is 39.0 Å². The lowest BCUT2D eigenvalue weighted by molar-refractivity contribution is -0.151. The lowest BCUT2D eigenvalue weighted by atomic mass is 10.0. The molecule has 1 aromatic rings. The van der Waals surface area contributed by atoms with Gasteiger partial charge in [0.15, 0.2) is 6.61 Å². The Morgan fingerprint density at radius 3 is 2.44 bits per heavy atom. The fraction of sp³-hybridized carbons (Fsp3) is 0.368. The highest BCUT2D eigenvalue weighted by molar-refractivity contribution is 5.98. The van der Waals surface area contributed by atoms with Gasteiger partial charge in [-0.15, -0.1) is 6.58 Å². The molecule has 8 heteroatoms. The summed E-state index contributed by atoms with van der Waals surface area (Å²) in [7, 11) is 0. The van der Waals surface area contributed by atoms with Crippen molar-refractivity contribution < 1.29 is 23.9 Å². The number of carbonyl (C=O) groups is 4. The molecule has 0 aliphatic carbocycles. The number of ether oxygens (including phenoxy) is 1. The number of amides is 4. The first-order chi connectivity index (χ1) is 12.8. The molecule has 0 bridgehead atoms. The maximum Gasteiger partial charge on any atom is 0.329 e. The molecule has 1 rings (SSSR count). The Morgan fingerprint density at radius 2 is 1.85 bits per heavy atom. The lowest BCUT2D eigenvalue weighted by Gasteiger charge is -2.21. The summed E-state index contributed by atoms with van der Waals surface area (Å²) in [5.74, 6) is -2.20. The molecular formula is C19H25N3O5. The van der Waals surface area contributed by atoms with Crippen LogP contribution in [0, 0.1) is 12.8 Å². The second-order valence-corrected chi connectivity index (χ2v) is 6.16. The standard InChI is InChI=1S/C19H25N3O5/c1-5-10-20-19(26)21-15(23)11-27-18(25)16(12(2)3)22-17(24)14-9-7-6-8-13(14)4/h5-9,12,16H,1,10-11H2,2-4H3,(H,22,24)(H2,20,21,23,26)/t16-/m1/s1. The van der Waals surface area contributed by atoms with Crippen molar-refractivity contribution in [3.05, 3.63) is 48.0 Å². The molecule has 0 saturated carbocycles. The van der Waals surface area contributed by atoms with Crippen molar-refractivity contribution in [2.45, 2.75) is 26.8 Å². The average molecular weight is 375 g/mol. The van der Waals surface area contributed by atoms with Gasteiger partial charge < -0.3 is 15.4 Å². The van der Waals surface area contributed by atoms with Gasteiger partial charge in [-0.25, -0.2) is 9.59 Å². The van der Waals surface area contributed by atoms with Gasteiger partial charge in [0.1, 0.15) is 6.04 Å². The molecule has 27 heavy (non-hydrogen) atoms. The second kappa shape index (κ2) is 10.7. The van der Waals surface area contributed by atoms with Gasteiger partial charge in [0.2, 0.25) is 0 Å². The lowest BCUT2D eigenvalue weighted by Crippen LogP contribution is -2.47. The molecule has 0 spiro atoms. The molecule has 146 valence electrons. The van der Waals surface area contributed by atoms with Crippen LogP contribution in [-0.2, 0) is 14.3 Å². The molecule has 0 unspecified atom stereocenters. The molecule has 0 aliphatic rings. The molecule has 1 atom stereocenters. The highest BCUT2D eigenvalue weighted by Crippen LogP contribution is 2.10. The predicted octanol–water partition coefficient (Wildman–Crippen LogP) is 1.30. The van der Waals surface area contributed by atoms with Gasteiger partial charge in [0.25, 0.3) is 11.8 Å². The zero-order chi connectivity index (χ0) is 20.4. The Kier molecular flexibility index (Phi) is 8.71. The zero-order valence-electron chi connectivity index (χ0n) is 15.7. The molecule has 4 amide bonds. The largest absolute Gasteiger partial charge is 0.454 e. The van der Waals surface area contributed by atoms with Crippen LogP contribution in [-0.4, -0.2) is 43.0 Å². The minimum Gasteiger partial charge on any atom is -0.454 e. The summed E-state index contributed by atoms with van der Waals surface area (Å²) in [4.78, 5) is 47.7. The van der Waals surface area contributed by atoms with E-state index in [2.05, 4.69) is 17.2 Å². The first-order valence-corrected chi connectivity index (χ1v) is 8.48. The normalized spacial score (nSPS) is 11.3. The van der Waals surface area contributed by atoms with Gasteiger partial charge in [0.05, 0.1) is 0 Å². The number of rotatable bonds is 8. The van der Waals surface area contributed by atoms with Crippen LogP contribution < -0.4 is 16.0 Å². The Balaban J connectivity index is 2.62. The molecule has 0 radical (unpaired) electrons. The van der Waals surface area contributed by atoms with E-state index in [-0.39, 0.29) is 12.5 Å². The molecule has 0 aromatic heterocycles. The fourth-order valence-electron chi connectivity index (χ4n) is 2.14. The van der Waals surface area contributed by atoms with E-state index in [0.717, 1.165) is 5.56 Å². The average Bonchev–Trinajstić information content (AvgIpc) is 2.62. The van der Waals surface area contributed by atoms with Crippen molar-refractivity contribution in [2.24, 2.45) is 5.92 Å². The van der Waals surface area contributed by atoms with Crippen molar-refractivity contribution in [1.82, 2.24) is 16.0 Å². The van der Waals surface area contributed by atoms with Crippen LogP contribution in [0.25, 0.3) is 0 Å². The Morgan fingerprint density at radius 1 is 1.19 bits per heavy atom. The van der Waals surface area contributed by atoms with E-state index in [0.29, 0.717) is 5.56 Å². The van der Waals surface area contributed by atoms with Gasteiger partial charge in [0, 0.05) is 12.1 Å². The third-order valence-electron chi connectivity index (χ3n) is 3.60. The summed E-state index contributed by atoms with van der Waals surface area (Å²) in [5.41, 5.74) is 1.23. The second-order valence-electron chi connectivity index (χ2n) is 6.16. The number of urea groups is 1. The Hall–Kier alpha value is -3.16. The van der Waals surface area contributed by atoms with Gasteiger partial charge in [-0.3, -0.25) is 14.9 Å². The first-order valence-electron chi connectivity index (χ1n) is 8.48. The van der Waals surface area contributed by atoms with E-state index < -0.39 is 36.5 Å². The predicted molar refractivity (Wildman–Crippen MR) is 100.0 cm³/mol. The van der Waals surface area contributed by atoms with Gasteiger partial charge in [-0.05, 0) is 24.5 Å². The number of hydrogen-bond acceptors (Lipinski definition) is 5. The van der Waals surface area contributed by atoms with Gasteiger partial charge >= 0.3 is 12.0 Å². The SMILES string of the molecule is C=CCNC(=O)NC(=O)COC(=O)[C@H](NC(=O)c1ccccc1C)C(C)C. The van der Waals surface area contributed by atoms with Crippen molar-refractivity contribution in [3.8, 4) is 0 Å². The number of aryl methyl sites for hydroxylation is 1. The summed E-state index contributed by atoms with van der Waals surface area (Å²) in [5, 5.41) is 7.00. The summed E-state index contributed by atoms with van der Waals surface area (Å²) in [6.45, 7) is 8.26. The molecule has 1 aromatic carbocycles. The molecular weight excluding hydrogens is 350 g/mol. The molecule has 0 heterocycles. The Bertz CT molecular complexity index is 715. The molecule has 3 N–H and O–H groups in total. The van der Waals surface area contributed by atoms with Gasteiger partial charge in [-0.1, -0.05) is 38.1 Å². The maximum absolute atomic E-state index is 12.4. The topological polar surface area (TPSA) is 114 Å². The van der Waals surface area contributed by atoms with E-state index in [9.17, 15) is 19.2 Å². The van der Waals surface area contributed by atoms with Crippen LogP contribution in [0.2, 0.25) is 0 Å². The van der Waals surface area contributed by atoms with Crippen molar-refractivity contribution in [1.29, 1.82) is 0 Å². The highest BCUT2D eigenvalue weighted by Gasteiger charge is 2.27. The number of esters is 1. The summed E-state index contributed by atoms with van der Waals surface area (Å²) >= 11 is 0. The summed E-state index contributed by atoms with van der Waals surface area (Å²) < 4.78 is 4.93. The van der Waals surface area contributed by atoms with E-state index in [1.807, 2.05) is 11.4 Å². The van der Waals surface area contributed by atoms with E-state index in [4.69, 9.17) is 4.74 Å². The van der Waals surface area contributed by atoms with E-state index in [1.165, 1.54) is 6.08 Å². The third kappa shape index (κ3) is 7.31. The maximum atomic E-state index is 12.4. The van der Waals surface area contributed by atoms with Crippen LogP contribution >= 0.6 is 0 Å². The van der Waals surface area contributed by atoms with Crippen LogP contribution in [0.1, 0.15) is 29.8 Å². The van der Waals surface area contributed by atoms with E-state index >= 15 is 0 Å². The first kappa shape index (κ1) is 21.9. The minimum absolute atomic E-state index is 0.194. The highest BCUT2D eigenvalue weighted by atomic mass is 16.5. The van der Waals surface area contributed by atoms with Crippen molar-refractivity contribution >= 4 is 23.8 Å². The monoisotopic (exact) mass is 375 g/mol. The van der Waals surface area contributed by atoms with Crippen molar-refractivity contribution in [3.63, 3.8) is 0 Å². The fourth-order valence-corrected chi connectivity index (χ4v) is 2.14. The smallest absolute Gasteiger partial charge is 0.329 e. The van der Waals surface area contributed by atoms with Crippen LogP contribution in [0.15, 0.2) is 36.9 Å². The quantitative estimate of drug-likeness (QED) is 0.468. The molecule has 0 aliphatic heterocycles. The number of imide groups is 1.